The van der Waals surface area contributed by atoms with Crippen LogP contribution < -0.4 is 10.6 Å². The SMILES string of the molecule is c1ccc([C@H]2COC(C3N[C@@H](c4ccccc4)CO3)N2)cc1. The first-order valence-corrected chi connectivity index (χ1v) is 7.75. The molecule has 0 amide bonds. The monoisotopic (exact) mass is 296 g/mol. The molecule has 4 atom stereocenters. The van der Waals surface area contributed by atoms with E-state index in [1.807, 2.05) is 12.1 Å². The van der Waals surface area contributed by atoms with Gasteiger partial charge in [0.2, 0.25) is 0 Å². The van der Waals surface area contributed by atoms with Crippen molar-refractivity contribution in [2.75, 3.05) is 13.2 Å². The molecule has 0 bridgehead atoms. The van der Waals surface area contributed by atoms with E-state index in [2.05, 4.69) is 59.2 Å². The molecule has 4 rings (SSSR count). The Morgan fingerprint density at radius 2 is 1.05 bits per heavy atom. The Morgan fingerprint density at radius 1 is 0.636 bits per heavy atom. The second kappa shape index (κ2) is 6.18. The molecule has 2 aromatic carbocycles. The van der Waals surface area contributed by atoms with E-state index in [4.69, 9.17) is 9.47 Å². The van der Waals surface area contributed by atoms with Crippen LogP contribution in [0.2, 0.25) is 0 Å². The van der Waals surface area contributed by atoms with Crippen molar-refractivity contribution in [3.63, 3.8) is 0 Å². The maximum absolute atomic E-state index is 5.89. The zero-order valence-corrected chi connectivity index (χ0v) is 12.3. The summed E-state index contributed by atoms with van der Waals surface area (Å²) in [6.45, 7) is 1.35. The van der Waals surface area contributed by atoms with Crippen LogP contribution in [0.15, 0.2) is 60.7 Å². The summed E-state index contributed by atoms with van der Waals surface area (Å²) in [6.07, 6.45) is -0.224. The predicted octanol–water partition coefficient (Wildman–Crippen LogP) is 2.36. The van der Waals surface area contributed by atoms with Gasteiger partial charge in [0.15, 0.2) is 0 Å². The molecule has 2 aromatic rings. The minimum Gasteiger partial charge on any atom is -0.357 e. The summed E-state index contributed by atoms with van der Waals surface area (Å²) in [5.41, 5.74) is 2.50. The third-order valence-electron chi connectivity index (χ3n) is 4.29. The lowest BCUT2D eigenvalue weighted by molar-refractivity contribution is -0.0344. The van der Waals surface area contributed by atoms with Gasteiger partial charge in [-0.1, -0.05) is 60.7 Å². The third kappa shape index (κ3) is 2.78. The molecule has 2 N–H and O–H groups in total. The predicted molar refractivity (Wildman–Crippen MR) is 84.1 cm³/mol. The summed E-state index contributed by atoms with van der Waals surface area (Å²) in [6, 6.07) is 21.2. The number of benzene rings is 2. The van der Waals surface area contributed by atoms with Gasteiger partial charge in [0.25, 0.3) is 0 Å². The van der Waals surface area contributed by atoms with Gasteiger partial charge < -0.3 is 9.47 Å². The van der Waals surface area contributed by atoms with Crippen LogP contribution in [0.25, 0.3) is 0 Å². The van der Waals surface area contributed by atoms with Gasteiger partial charge in [-0.05, 0) is 11.1 Å². The Kier molecular flexibility index (Phi) is 3.91. The largest absolute Gasteiger partial charge is 0.357 e. The standard InChI is InChI=1S/C18H20N2O2/c1-3-7-13(8-4-1)15-11-21-17(19-15)18-20-16(12-22-18)14-9-5-2-6-10-14/h1-10,15-20H,11-12H2/t15-,16-,17?,18?/m1/s1. The van der Waals surface area contributed by atoms with Gasteiger partial charge in [-0.2, -0.15) is 0 Å². The van der Waals surface area contributed by atoms with Crippen molar-refractivity contribution < 1.29 is 9.47 Å². The van der Waals surface area contributed by atoms with Crippen LogP contribution in [0.3, 0.4) is 0 Å². The molecule has 0 aliphatic carbocycles. The first-order chi connectivity index (χ1) is 10.9. The van der Waals surface area contributed by atoms with Crippen molar-refractivity contribution in [2.45, 2.75) is 24.5 Å². The lowest BCUT2D eigenvalue weighted by Gasteiger charge is -2.19. The Bertz CT molecular complexity index is 549. The Labute approximate surface area is 130 Å². The highest BCUT2D eigenvalue weighted by Crippen LogP contribution is 2.26. The molecule has 0 aromatic heterocycles. The number of hydrogen-bond donors (Lipinski definition) is 2. The van der Waals surface area contributed by atoms with Crippen molar-refractivity contribution in [1.29, 1.82) is 0 Å². The number of hydrogen-bond acceptors (Lipinski definition) is 4. The average molecular weight is 296 g/mol. The quantitative estimate of drug-likeness (QED) is 0.912. The normalized spacial score (nSPS) is 31.5. The molecule has 0 spiro atoms. The fourth-order valence-corrected chi connectivity index (χ4v) is 3.09. The molecule has 2 aliphatic rings. The second-order valence-electron chi connectivity index (χ2n) is 5.77. The molecular formula is C18H20N2O2. The topological polar surface area (TPSA) is 42.5 Å². The Hall–Kier alpha value is -1.72. The fraction of sp³-hybridized carbons (Fsp3) is 0.333. The minimum atomic E-state index is -0.112. The molecule has 2 fully saturated rings. The summed E-state index contributed by atoms with van der Waals surface area (Å²) in [7, 11) is 0. The zero-order valence-electron chi connectivity index (χ0n) is 12.3. The number of ether oxygens (including phenoxy) is 2. The van der Waals surface area contributed by atoms with E-state index in [0.29, 0.717) is 13.2 Å². The van der Waals surface area contributed by atoms with Crippen molar-refractivity contribution in [2.24, 2.45) is 0 Å². The van der Waals surface area contributed by atoms with E-state index in [9.17, 15) is 0 Å². The van der Waals surface area contributed by atoms with Crippen LogP contribution in [-0.2, 0) is 9.47 Å². The highest BCUT2D eigenvalue weighted by Gasteiger charge is 2.37. The van der Waals surface area contributed by atoms with Gasteiger partial charge in [0, 0.05) is 0 Å². The molecule has 4 heteroatoms. The van der Waals surface area contributed by atoms with Crippen molar-refractivity contribution in [1.82, 2.24) is 10.6 Å². The van der Waals surface area contributed by atoms with E-state index < -0.39 is 0 Å². The molecule has 4 nitrogen and oxygen atoms in total. The maximum Gasteiger partial charge on any atom is 0.148 e. The maximum atomic E-state index is 5.89. The molecule has 22 heavy (non-hydrogen) atoms. The molecule has 2 aliphatic heterocycles. The average Bonchev–Trinajstić information content (AvgIpc) is 3.26. The van der Waals surface area contributed by atoms with Crippen molar-refractivity contribution in [3.8, 4) is 0 Å². The van der Waals surface area contributed by atoms with Gasteiger partial charge in [-0.25, -0.2) is 0 Å². The van der Waals surface area contributed by atoms with Crippen LogP contribution in [0, 0.1) is 0 Å². The van der Waals surface area contributed by atoms with Crippen molar-refractivity contribution >= 4 is 0 Å². The summed E-state index contributed by atoms with van der Waals surface area (Å²) >= 11 is 0. The lowest BCUT2D eigenvalue weighted by Crippen LogP contribution is -2.43. The van der Waals surface area contributed by atoms with Gasteiger partial charge in [-0.3, -0.25) is 10.6 Å². The van der Waals surface area contributed by atoms with Crippen LogP contribution in [0.5, 0.6) is 0 Å². The molecular weight excluding hydrogens is 276 g/mol. The third-order valence-corrected chi connectivity index (χ3v) is 4.29. The van der Waals surface area contributed by atoms with E-state index in [1.165, 1.54) is 11.1 Å². The fourth-order valence-electron chi connectivity index (χ4n) is 3.09. The van der Waals surface area contributed by atoms with Gasteiger partial charge in [-0.15, -0.1) is 0 Å². The highest BCUT2D eigenvalue weighted by molar-refractivity contribution is 5.21. The molecule has 2 unspecified atom stereocenters. The van der Waals surface area contributed by atoms with E-state index in [-0.39, 0.29) is 24.5 Å². The molecule has 2 heterocycles. The summed E-state index contributed by atoms with van der Waals surface area (Å²) in [5.74, 6) is 0. The van der Waals surface area contributed by atoms with Crippen LogP contribution in [0.1, 0.15) is 23.2 Å². The second-order valence-corrected chi connectivity index (χ2v) is 5.77. The van der Waals surface area contributed by atoms with E-state index >= 15 is 0 Å². The zero-order chi connectivity index (χ0) is 14.8. The number of rotatable bonds is 3. The van der Waals surface area contributed by atoms with E-state index in [0.717, 1.165) is 0 Å². The van der Waals surface area contributed by atoms with Gasteiger partial charge >= 0.3 is 0 Å². The van der Waals surface area contributed by atoms with Crippen LogP contribution >= 0.6 is 0 Å². The van der Waals surface area contributed by atoms with Gasteiger partial charge in [0.1, 0.15) is 12.5 Å². The Morgan fingerprint density at radius 3 is 1.45 bits per heavy atom. The lowest BCUT2D eigenvalue weighted by atomic mass is 10.1. The number of nitrogens with one attached hydrogen (secondary N) is 2. The van der Waals surface area contributed by atoms with Crippen molar-refractivity contribution in [3.05, 3.63) is 71.8 Å². The minimum absolute atomic E-state index is 0.112. The summed E-state index contributed by atoms with van der Waals surface area (Å²) < 4.78 is 11.8. The summed E-state index contributed by atoms with van der Waals surface area (Å²) in [5, 5.41) is 7.02. The highest BCUT2D eigenvalue weighted by atomic mass is 16.6. The Balaban J connectivity index is 1.38. The smallest absolute Gasteiger partial charge is 0.148 e. The van der Waals surface area contributed by atoms with E-state index in [1.54, 1.807) is 0 Å². The first-order valence-electron chi connectivity index (χ1n) is 7.75. The van der Waals surface area contributed by atoms with Gasteiger partial charge in [0.05, 0.1) is 25.3 Å². The first kappa shape index (κ1) is 13.9. The summed E-state index contributed by atoms with van der Waals surface area (Å²) in [4.78, 5) is 0. The van der Waals surface area contributed by atoms with Crippen LogP contribution in [-0.4, -0.2) is 25.7 Å². The molecule has 2 saturated heterocycles. The van der Waals surface area contributed by atoms with Crippen LogP contribution in [0.4, 0.5) is 0 Å². The molecule has 114 valence electrons. The molecule has 0 radical (unpaired) electrons. The molecule has 0 saturated carbocycles.